The van der Waals surface area contributed by atoms with Gasteiger partial charge in [-0.25, -0.2) is 0 Å². The number of carbonyl (C=O) groups excluding carboxylic acids is 1. The first-order valence-corrected chi connectivity index (χ1v) is 7.21. The smallest absolute Gasteiger partial charge is 0.308 e. The molecule has 21 heavy (non-hydrogen) atoms. The number of halogens is 2. The van der Waals surface area contributed by atoms with Gasteiger partial charge in [0, 0.05) is 12.6 Å². The average molecular weight is 330 g/mol. The lowest BCUT2D eigenvalue weighted by molar-refractivity contribution is -0.143. The van der Waals surface area contributed by atoms with Gasteiger partial charge in [-0.1, -0.05) is 49.2 Å². The molecule has 2 N–H and O–H groups in total. The number of carboxylic acids is 1. The Morgan fingerprint density at radius 2 is 2.00 bits per heavy atom. The van der Waals surface area contributed by atoms with Crippen molar-refractivity contribution in [1.82, 2.24) is 5.32 Å². The van der Waals surface area contributed by atoms with E-state index in [1.165, 1.54) is 12.2 Å². The molecule has 0 spiro atoms. The lowest BCUT2D eigenvalue weighted by Crippen LogP contribution is -2.34. The highest BCUT2D eigenvalue weighted by molar-refractivity contribution is 6.42. The normalized spacial score (nSPS) is 12.6. The first kappa shape index (κ1) is 17.5. The molecule has 0 saturated carbocycles. The van der Waals surface area contributed by atoms with Gasteiger partial charge in [0.1, 0.15) is 0 Å². The van der Waals surface area contributed by atoms with Crippen LogP contribution in [-0.2, 0) is 9.59 Å². The summed E-state index contributed by atoms with van der Waals surface area (Å²) in [7, 11) is 0. The van der Waals surface area contributed by atoms with Gasteiger partial charge < -0.3 is 10.4 Å². The summed E-state index contributed by atoms with van der Waals surface area (Å²) in [5.41, 5.74) is 0.623. The Balaban J connectivity index is 2.63. The largest absolute Gasteiger partial charge is 0.481 e. The van der Waals surface area contributed by atoms with E-state index in [0.29, 0.717) is 15.6 Å². The number of carboxylic acid groups (broad SMARTS) is 1. The third-order valence-corrected chi connectivity index (χ3v) is 3.85. The van der Waals surface area contributed by atoms with E-state index in [2.05, 4.69) is 5.32 Å². The van der Waals surface area contributed by atoms with Crippen molar-refractivity contribution in [3.63, 3.8) is 0 Å². The first-order chi connectivity index (χ1) is 9.82. The van der Waals surface area contributed by atoms with Crippen LogP contribution in [0.25, 0.3) is 6.08 Å². The topological polar surface area (TPSA) is 66.4 Å². The van der Waals surface area contributed by atoms with Crippen LogP contribution in [-0.4, -0.2) is 23.5 Å². The summed E-state index contributed by atoms with van der Waals surface area (Å²) in [4.78, 5) is 22.7. The van der Waals surface area contributed by atoms with Crippen molar-refractivity contribution < 1.29 is 14.7 Å². The molecule has 0 bridgehead atoms. The van der Waals surface area contributed by atoms with Crippen LogP contribution in [0.4, 0.5) is 0 Å². The van der Waals surface area contributed by atoms with Crippen LogP contribution in [0.2, 0.25) is 10.0 Å². The second kappa shape index (κ2) is 8.05. The van der Waals surface area contributed by atoms with E-state index >= 15 is 0 Å². The fraction of sp³-hybridized carbons (Fsp3) is 0.333. The molecule has 1 atom stereocenters. The lowest BCUT2D eigenvalue weighted by atomic mass is 9.96. The van der Waals surface area contributed by atoms with E-state index in [9.17, 15) is 9.59 Å². The van der Waals surface area contributed by atoms with Gasteiger partial charge in [-0.3, -0.25) is 9.59 Å². The van der Waals surface area contributed by atoms with Crippen molar-refractivity contribution in [2.45, 2.75) is 13.8 Å². The molecule has 114 valence electrons. The summed E-state index contributed by atoms with van der Waals surface area (Å²) in [5.74, 6) is -1.98. The molecule has 6 heteroatoms. The van der Waals surface area contributed by atoms with Gasteiger partial charge in [0.2, 0.25) is 5.91 Å². The Hall–Kier alpha value is -1.52. The molecule has 0 fully saturated rings. The summed E-state index contributed by atoms with van der Waals surface area (Å²) in [6, 6.07) is 5.11. The second-order valence-electron chi connectivity index (χ2n) is 4.91. The maximum Gasteiger partial charge on any atom is 0.308 e. The van der Waals surface area contributed by atoms with E-state index < -0.39 is 11.9 Å². The zero-order valence-electron chi connectivity index (χ0n) is 11.8. The number of hydrogen-bond donors (Lipinski definition) is 2. The summed E-state index contributed by atoms with van der Waals surface area (Å²) < 4.78 is 0. The number of benzene rings is 1. The average Bonchev–Trinajstić information content (AvgIpc) is 2.39. The minimum Gasteiger partial charge on any atom is -0.481 e. The molecular weight excluding hydrogens is 313 g/mol. The Kier molecular flexibility index (Phi) is 6.72. The third-order valence-electron chi connectivity index (χ3n) is 3.01. The van der Waals surface area contributed by atoms with Crippen LogP contribution in [0.1, 0.15) is 19.4 Å². The van der Waals surface area contributed by atoms with Gasteiger partial charge in [-0.2, -0.15) is 0 Å². The number of hydrogen-bond acceptors (Lipinski definition) is 2. The molecule has 1 rings (SSSR count). The quantitative estimate of drug-likeness (QED) is 0.785. The zero-order valence-corrected chi connectivity index (χ0v) is 13.3. The summed E-state index contributed by atoms with van der Waals surface area (Å²) in [6.45, 7) is 3.68. The highest BCUT2D eigenvalue weighted by Crippen LogP contribution is 2.26. The Morgan fingerprint density at radius 3 is 2.57 bits per heavy atom. The summed E-state index contributed by atoms with van der Waals surface area (Å²) in [5, 5.41) is 12.4. The van der Waals surface area contributed by atoms with Gasteiger partial charge in [-0.15, -0.1) is 0 Å². The van der Waals surface area contributed by atoms with E-state index in [-0.39, 0.29) is 18.4 Å². The fourth-order valence-corrected chi connectivity index (χ4v) is 2.06. The minimum absolute atomic E-state index is 0.0610. The number of rotatable bonds is 6. The van der Waals surface area contributed by atoms with Gasteiger partial charge in [0.15, 0.2) is 0 Å². The van der Waals surface area contributed by atoms with E-state index in [1.807, 2.05) is 0 Å². The highest BCUT2D eigenvalue weighted by Gasteiger charge is 2.21. The van der Waals surface area contributed by atoms with Gasteiger partial charge in [0.05, 0.1) is 16.0 Å². The number of amides is 1. The predicted molar refractivity (Wildman–Crippen MR) is 84.5 cm³/mol. The standard InChI is InChI=1S/C15H17Cl2NO3/c1-9(2)11(15(20)21)8-18-13(19)7-6-10-4-3-5-12(16)14(10)17/h3-7,9,11H,8H2,1-2H3,(H,18,19)(H,20,21). The maximum atomic E-state index is 11.7. The predicted octanol–water partition coefficient (Wildman–Crippen LogP) is 3.48. The molecule has 0 aromatic heterocycles. The van der Waals surface area contributed by atoms with Crippen LogP contribution in [0.3, 0.4) is 0 Å². The maximum absolute atomic E-state index is 11.7. The summed E-state index contributed by atoms with van der Waals surface area (Å²) >= 11 is 11.9. The van der Waals surface area contributed by atoms with Crippen molar-refractivity contribution in [1.29, 1.82) is 0 Å². The number of carbonyl (C=O) groups is 2. The molecule has 0 heterocycles. The number of aliphatic carboxylic acids is 1. The molecule has 4 nitrogen and oxygen atoms in total. The van der Waals surface area contributed by atoms with Crippen molar-refractivity contribution in [3.8, 4) is 0 Å². The molecule has 0 aliphatic carbocycles. The van der Waals surface area contributed by atoms with Crippen LogP contribution < -0.4 is 5.32 Å². The SMILES string of the molecule is CC(C)C(CNC(=O)C=Cc1cccc(Cl)c1Cl)C(=O)O. The van der Waals surface area contributed by atoms with Crippen LogP contribution in [0, 0.1) is 11.8 Å². The van der Waals surface area contributed by atoms with Crippen molar-refractivity contribution in [2.75, 3.05) is 6.54 Å². The van der Waals surface area contributed by atoms with E-state index in [1.54, 1.807) is 32.0 Å². The molecule has 0 saturated heterocycles. The molecule has 1 unspecified atom stereocenters. The summed E-state index contributed by atoms with van der Waals surface area (Å²) in [6.07, 6.45) is 2.84. The molecular formula is C15H17Cl2NO3. The number of nitrogens with one attached hydrogen (secondary N) is 1. The Bertz CT molecular complexity index is 556. The van der Waals surface area contributed by atoms with Crippen LogP contribution in [0.5, 0.6) is 0 Å². The van der Waals surface area contributed by atoms with Gasteiger partial charge in [-0.05, 0) is 23.6 Å². The van der Waals surface area contributed by atoms with Crippen molar-refractivity contribution in [2.24, 2.45) is 11.8 Å². The zero-order chi connectivity index (χ0) is 16.0. The van der Waals surface area contributed by atoms with Crippen molar-refractivity contribution in [3.05, 3.63) is 39.9 Å². The van der Waals surface area contributed by atoms with Gasteiger partial charge >= 0.3 is 5.97 Å². The first-order valence-electron chi connectivity index (χ1n) is 6.45. The van der Waals surface area contributed by atoms with Crippen molar-refractivity contribution >= 4 is 41.2 Å². The van der Waals surface area contributed by atoms with Gasteiger partial charge in [0.25, 0.3) is 0 Å². The molecule has 1 aromatic carbocycles. The monoisotopic (exact) mass is 329 g/mol. The molecule has 0 radical (unpaired) electrons. The molecule has 1 amide bonds. The minimum atomic E-state index is -0.924. The van der Waals surface area contributed by atoms with Crippen LogP contribution in [0.15, 0.2) is 24.3 Å². The fourth-order valence-electron chi connectivity index (χ4n) is 1.69. The molecule has 0 aliphatic heterocycles. The molecule has 0 aliphatic rings. The third kappa shape index (κ3) is 5.40. The van der Waals surface area contributed by atoms with E-state index in [4.69, 9.17) is 28.3 Å². The van der Waals surface area contributed by atoms with E-state index in [0.717, 1.165) is 0 Å². The highest BCUT2D eigenvalue weighted by atomic mass is 35.5. The second-order valence-corrected chi connectivity index (χ2v) is 5.70. The Morgan fingerprint density at radius 1 is 1.33 bits per heavy atom. The Labute approximate surface area is 133 Å². The lowest BCUT2D eigenvalue weighted by Gasteiger charge is -2.15. The molecule has 1 aromatic rings. The van der Waals surface area contributed by atoms with Crippen LogP contribution >= 0.6 is 23.2 Å².